The van der Waals surface area contributed by atoms with Crippen LogP contribution in [-0.4, -0.2) is 44.1 Å². The average Bonchev–Trinajstić information content (AvgIpc) is 2.46. The molecule has 2 rings (SSSR count). The van der Waals surface area contributed by atoms with Gasteiger partial charge < -0.3 is 14.5 Å². The summed E-state index contributed by atoms with van der Waals surface area (Å²) in [7, 11) is 1.36. The van der Waals surface area contributed by atoms with E-state index in [4.69, 9.17) is 4.74 Å². The molecule has 4 nitrogen and oxygen atoms in total. The first kappa shape index (κ1) is 15.5. The highest BCUT2D eigenvalue weighted by Gasteiger charge is 2.25. The van der Waals surface area contributed by atoms with Gasteiger partial charge in [0.2, 0.25) is 5.91 Å². The highest BCUT2D eigenvalue weighted by atomic mass is 19.1. The summed E-state index contributed by atoms with van der Waals surface area (Å²) in [5, 5.41) is 0. The van der Waals surface area contributed by atoms with Crippen molar-refractivity contribution in [3.8, 4) is 5.75 Å². The number of anilines is 1. The Kier molecular flexibility index (Phi) is 4.65. The monoisotopic (exact) mass is 298 g/mol. The molecule has 21 heavy (non-hydrogen) atoms. The first-order valence-corrected chi connectivity index (χ1v) is 7.00. The Morgan fingerprint density at radius 2 is 1.81 bits per heavy atom. The van der Waals surface area contributed by atoms with E-state index in [1.54, 1.807) is 4.90 Å². The van der Waals surface area contributed by atoms with Crippen LogP contribution in [0.1, 0.15) is 13.8 Å². The molecule has 1 heterocycles. The maximum absolute atomic E-state index is 13.7. The molecule has 0 bridgehead atoms. The molecule has 6 heteroatoms. The van der Waals surface area contributed by atoms with Crippen LogP contribution in [0.3, 0.4) is 0 Å². The number of hydrogen-bond acceptors (Lipinski definition) is 3. The lowest BCUT2D eigenvalue weighted by Gasteiger charge is -2.37. The van der Waals surface area contributed by atoms with Crippen molar-refractivity contribution in [3.63, 3.8) is 0 Å². The first-order valence-electron chi connectivity index (χ1n) is 7.00. The molecule has 116 valence electrons. The normalized spacial score (nSPS) is 15.5. The summed E-state index contributed by atoms with van der Waals surface area (Å²) in [5.41, 5.74) is 0.395. The smallest absolute Gasteiger partial charge is 0.225 e. The van der Waals surface area contributed by atoms with Gasteiger partial charge in [0.1, 0.15) is 5.82 Å². The molecule has 0 aliphatic carbocycles. The van der Waals surface area contributed by atoms with Gasteiger partial charge in [-0.25, -0.2) is 8.78 Å². The molecule has 0 aromatic heterocycles. The van der Waals surface area contributed by atoms with Gasteiger partial charge in [0, 0.05) is 44.2 Å². The number of halogens is 2. The molecule has 0 atom stereocenters. The average molecular weight is 298 g/mol. The molecule has 1 aromatic carbocycles. The zero-order valence-electron chi connectivity index (χ0n) is 12.5. The van der Waals surface area contributed by atoms with Crippen molar-refractivity contribution >= 4 is 11.6 Å². The van der Waals surface area contributed by atoms with E-state index in [1.807, 2.05) is 18.7 Å². The Morgan fingerprint density at radius 1 is 1.19 bits per heavy atom. The van der Waals surface area contributed by atoms with Gasteiger partial charge in [0.25, 0.3) is 0 Å². The van der Waals surface area contributed by atoms with Crippen LogP contribution in [0.5, 0.6) is 5.75 Å². The highest BCUT2D eigenvalue weighted by Crippen LogP contribution is 2.32. The minimum absolute atomic E-state index is 0.0417. The number of hydrogen-bond donors (Lipinski definition) is 0. The second-order valence-electron chi connectivity index (χ2n) is 5.41. The number of amides is 1. The van der Waals surface area contributed by atoms with Crippen molar-refractivity contribution in [1.82, 2.24) is 4.90 Å². The summed E-state index contributed by atoms with van der Waals surface area (Å²) < 4.78 is 32.2. The van der Waals surface area contributed by atoms with Gasteiger partial charge in [0.05, 0.1) is 12.8 Å². The maximum Gasteiger partial charge on any atom is 0.225 e. The number of ether oxygens (including phenoxy) is 1. The van der Waals surface area contributed by atoms with Crippen molar-refractivity contribution in [3.05, 3.63) is 23.8 Å². The van der Waals surface area contributed by atoms with Gasteiger partial charge in [-0.1, -0.05) is 13.8 Å². The van der Waals surface area contributed by atoms with Gasteiger partial charge in [0.15, 0.2) is 11.6 Å². The Hall–Kier alpha value is -1.85. The summed E-state index contributed by atoms with van der Waals surface area (Å²) in [6.45, 7) is 5.85. The number of carbonyl (C=O) groups is 1. The SMILES string of the molecule is COc1c(F)cc(F)cc1N1CCN(C(=O)C(C)C)CC1. The molecule has 0 unspecified atom stereocenters. The highest BCUT2D eigenvalue weighted by molar-refractivity contribution is 5.78. The van der Waals surface area contributed by atoms with Crippen molar-refractivity contribution in [2.45, 2.75) is 13.8 Å². The van der Waals surface area contributed by atoms with Crippen LogP contribution in [0.25, 0.3) is 0 Å². The van der Waals surface area contributed by atoms with Crippen molar-refractivity contribution < 1.29 is 18.3 Å². The zero-order chi connectivity index (χ0) is 15.6. The van der Waals surface area contributed by atoms with E-state index in [9.17, 15) is 13.6 Å². The molecule has 0 radical (unpaired) electrons. The van der Waals surface area contributed by atoms with Crippen molar-refractivity contribution in [2.24, 2.45) is 5.92 Å². The largest absolute Gasteiger partial charge is 0.492 e. The van der Waals surface area contributed by atoms with Crippen LogP contribution in [0, 0.1) is 17.6 Å². The lowest BCUT2D eigenvalue weighted by Crippen LogP contribution is -2.50. The van der Waals surface area contributed by atoms with Gasteiger partial charge in [-0.05, 0) is 0 Å². The quantitative estimate of drug-likeness (QED) is 0.858. The van der Waals surface area contributed by atoms with Gasteiger partial charge in [-0.3, -0.25) is 4.79 Å². The number of methoxy groups -OCH3 is 1. The number of nitrogens with zero attached hydrogens (tertiary/aromatic N) is 2. The third-order valence-corrected chi connectivity index (χ3v) is 3.62. The molecule has 0 N–H and O–H groups in total. The first-order chi connectivity index (χ1) is 9.93. The minimum atomic E-state index is -0.715. The zero-order valence-corrected chi connectivity index (χ0v) is 12.5. The van der Waals surface area contributed by atoms with E-state index in [2.05, 4.69) is 0 Å². The van der Waals surface area contributed by atoms with Crippen LogP contribution in [-0.2, 0) is 4.79 Å². The van der Waals surface area contributed by atoms with Crippen molar-refractivity contribution in [1.29, 1.82) is 0 Å². The van der Waals surface area contributed by atoms with Crippen LogP contribution in [0.2, 0.25) is 0 Å². The second kappa shape index (κ2) is 6.28. The van der Waals surface area contributed by atoms with E-state index < -0.39 is 11.6 Å². The lowest BCUT2D eigenvalue weighted by atomic mass is 10.1. The predicted octanol–water partition coefficient (Wildman–Crippen LogP) is 2.28. The fourth-order valence-corrected chi connectivity index (χ4v) is 2.52. The van der Waals surface area contributed by atoms with E-state index in [0.29, 0.717) is 31.9 Å². The minimum Gasteiger partial charge on any atom is -0.492 e. The van der Waals surface area contributed by atoms with E-state index in [0.717, 1.165) is 6.07 Å². The molecule has 1 aromatic rings. The summed E-state index contributed by atoms with van der Waals surface area (Å²) >= 11 is 0. The Morgan fingerprint density at radius 3 is 2.33 bits per heavy atom. The van der Waals surface area contributed by atoms with E-state index in [1.165, 1.54) is 13.2 Å². The molecular formula is C15H20F2N2O2. The van der Waals surface area contributed by atoms with E-state index >= 15 is 0 Å². The summed E-state index contributed by atoms with van der Waals surface area (Å²) in [4.78, 5) is 15.6. The molecule has 1 aliphatic heterocycles. The molecule has 1 amide bonds. The topological polar surface area (TPSA) is 32.8 Å². The standard InChI is InChI=1S/C15H20F2N2O2/c1-10(2)15(20)19-6-4-18(5-7-19)13-9-11(16)8-12(17)14(13)21-3/h8-10H,4-7H2,1-3H3. The summed E-state index contributed by atoms with van der Waals surface area (Å²) in [6, 6.07) is 2.07. The number of carbonyl (C=O) groups excluding carboxylic acids is 1. The summed E-state index contributed by atoms with van der Waals surface area (Å²) in [6.07, 6.45) is 0. The third-order valence-electron chi connectivity index (χ3n) is 3.62. The van der Waals surface area contributed by atoms with Gasteiger partial charge in [-0.15, -0.1) is 0 Å². The number of piperazine rings is 1. The molecule has 1 fully saturated rings. The lowest BCUT2D eigenvalue weighted by molar-refractivity contribution is -0.134. The number of benzene rings is 1. The molecule has 1 saturated heterocycles. The molecular weight excluding hydrogens is 278 g/mol. The van der Waals surface area contributed by atoms with Gasteiger partial charge in [-0.2, -0.15) is 0 Å². The maximum atomic E-state index is 13.7. The molecule has 0 spiro atoms. The van der Waals surface area contributed by atoms with Crippen LogP contribution in [0.15, 0.2) is 12.1 Å². The molecule has 1 aliphatic rings. The third kappa shape index (κ3) is 3.25. The predicted molar refractivity (Wildman–Crippen MR) is 76.5 cm³/mol. The Bertz CT molecular complexity index is 527. The Labute approximate surface area is 123 Å². The molecule has 0 saturated carbocycles. The Balaban J connectivity index is 2.14. The second-order valence-corrected chi connectivity index (χ2v) is 5.41. The summed E-state index contributed by atoms with van der Waals surface area (Å²) in [5.74, 6) is -1.25. The van der Waals surface area contributed by atoms with E-state index in [-0.39, 0.29) is 17.6 Å². The van der Waals surface area contributed by atoms with Crippen LogP contribution < -0.4 is 9.64 Å². The number of rotatable bonds is 3. The van der Waals surface area contributed by atoms with Crippen LogP contribution >= 0.6 is 0 Å². The fourth-order valence-electron chi connectivity index (χ4n) is 2.52. The van der Waals surface area contributed by atoms with Gasteiger partial charge >= 0.3 is 0 Å². The van der Waals surface area contributed by atoms with Crippen molar-refractivity contribution in [2.75, 3.05) is 38.2 Å². The van der Waals surface area contributed by atoms with Crippen LogP contribution in [0.4, 0.5) is 14.5 Å². The fraction of sp³-hybridized carbons (Fsp3) is 0.533.